The average Bonchev–Trinajstić information content (AvgIpc) is 3.23. The molecule has 29 heavy (non-hydrogen) atoms. The number of urea groups is 1. The van der Waals surface area contributed by atoms with E-state index in [-0.39, 0.29) is 5.91 Å². The van der Waals surface area contributed by atoms with Crippen LogP contribution in [-0.4, -0.2) is 41.6 Å². The van der Waals surface area contributed by atoms with Crippen molar-refractivity contribution in [3.63, 3.8) is 0 Å². The zero-order chi connectivity index (χ0) is 20.5. The highest BCUT2D eigenvalue weighted by atomic mass is 16.5. The number of aromatic nitrogens is 2. The molecule has 1 aromatic carbocycles. The van der Waals surface area contributed by atoms with Gasteiger partial charge in [0.15, 0.2) is 5.82 Å². The van der Waals surface area contributed by atoms with Crippen molar-refractivity contribution in [2.75, 3.05) is 29.6 Å². The number of ether oxygens (including phenoxy) is 1. The van der Waals surface area contributed by atoms with Crippen LogP contribution in [0, 0.1) is 0 Å². The Morgan fingerprint density at radius 2 is 1.97 bits per heavy atom. The number of hydrogen-bond donors (Lipinski definition) is 4. The Morgan fingerprint density at radius 1 is 1.14 bits per heavy atom. The van der Waals surface area contributed by atoms with Gasteiger partial charge in [-0.05, 0) is 25.0 Å². The maximum atomic E-state index is 12.2. The first kappa shape index (κ1) is 20.5. The molecule has 3 rings (SSSR count). The standard InChI is InChI=1S/C20H26N6O3/c1-29-17-12-15(24-19(27)8-9-22-14-4-2-3-5-14)6-7-16(17)25-20(28)26-18-13-21-10-11-23-18/h6-7,10-14,22H,2-5,8-9H2,1H3,(H,24,27)(H2,23,25,26,28). The van der Waals surface area contributed by atoms with Gasteiger partial charge in [0, 0.05) is 43.2 Å². The maximum Gasteiger partial charge on any atom is 0.324 e. The van der Waals surface area contributed by atoms with Crippen molar-refractivity contribution >= 4 is 29.1 Å². The van der Waals surface area contributed by atoms with Gasteiger partial charge in [-0.3, -0.25) is 15.1 Å². The molecule has 0 saturated heterocycles. The van der Waals surface area contributed by atoms with Crippen LogP contribution < -0.4 is 26.0 Å². The monoisotopic (exact) mass is 398 g/mol. The van der Waals surface area contributed by atoms with E-state index in [1.807, 2.05) is 0 Å². The van der Waals surface area contributed by atoms with Crippen LogP contribution in [0.1, 0.15) is 32.1 Å². The normalized spacial score (nSPS) is 13.7. The number of hydrogen-bond acceptors (Lipinski definition) is 6. The van der Waals surface area contributed by atoms with Crippen LogP contribution in [0.3, 0.4) is 0 Å². The molecule has 1 aromatic heterocycles. The average molecular weight is 398 g/mol. The molecule has 1 fully saturated rings. The molecule has 4 N–H and O–H groups in total. The molecule has 0 unspecified atom stereocenters. The van der Waals surface area contributed by atoms with Gasteiger partial charge < -0.3 is 20.7 Å². The SMILES string of the molecule is COc1cc(NC(=O)CCNC2CCCC2)ccc1NC(=O)Nc1cnccn1. The first-order valence-corrected chi connectivity index (χ1v) is 9.69. The summed E-state index contributed by atoms with van der Waals surface area (Å²) in [6, 6.07) is 5.12. The van der Waals surface area contributed by atoms with Gasteiger partial charge in [0.25, 0.3) is 0 Å². The third-order valence-corrected chi connectivity index (χ3v) is 4.68. The first-order valence-electron chi connectivity index (χ1n) is 9.69. The molecule has 154 valence electrons. The lowest BCUT2D eigenvalue weighted by Crippen LogP contribution is -2.29. The molecular formula is C20H26N6O3. The van der Waals surface area contributed by atoms with Crippen LogP contribution in [0.2, 0.25) is 0 Å². The highest BCUT2D eigenvalue weighted by Crippen LogP contribution is 2.28. The Hall–Kier alpha value is -3.20. The van der Waals surface area contributed by atoms with Crippen molar-refractivity contribution in [2.24, 2.45) is 0 Å². The molecule has 0 radical (unpaired) electrons. The largest absolute Gasteiger partial charge is 0.494 e. The predicted molar refractivity (Wildman–Crippen MR) is 111 cm³/mol. The van der Waals surface area contributed by atoms with Gasteiger partial charge in [0.05, 0.1) is 19.0 Å². The van der Waals surface area contributed by atoms with Crippen molar-refractivity contribution in [1.82, 2.24) is 15.3 Å². The number of methoxy groups -OCH3 is 1. The van der Waals surface area contributed by atoms with E-state index in [0.29, 0.717) is 41.9 Å². The molecule has 2 aromatic rings. The van der Waals surface area contributed by atoms with Crippen LogP contribution in [0.15, 0.2) is 36.8 Å². The quantitative estimate of drug-likeness (QED) is 0.543. The Labute approximate surface area is 169 Å². The minimum atomic E-state index is -0.474. The molecule has 1 saturated carbocycles. The van der Waals surface area contributed by atoms with Gasteiger partial charge in [-0.1, -0.05) is 12.8 Å². The van der Waals surface area contributed by atoms with Crippen LogP contribution in [0.25, 0.3) is 0 Å². The summed E-state index contributed by atoms with van der Waals surface area (Å²) in [7, 11) is 1.50. The third-order valence-electron chi connectivity index (χ3n) is 4.68. The summed E-state index contributed by atoms with van der Waals surface area (Å²) in [4.78, 5) is 32.2. The predicted octanol–water partition coefficient (Wildman–Crippen LogP) is 2.99. The molecule has 3 amide bonds. The summed E-state index contributed by atoms with van der Waals surface area (Å²) >= 11 is 0. The van der Waals surface area contributed by atoms with Crippen LogP contribution >= 0.6 is 0 Å². The smallest absolute Gasteiger partial charge is 0.324 e. The number of anilines is 3. The topological polar surface area (TPSA) is 117 Å². The summed E-state index contributed by atoms with van der Waals surface area (Å²) < 4.78 is 5.33. The number of amides is 3. The number of carbonyl (C=O) groups is 2. The molecule has 9 nitrogen and oxygen atoms in total. The molecule has 1 aliphatic rings. The molecule has 0 aliphatic heterocycles. The summed E-state index contributed by atoms with van der Waals surface area (Å²) in [5.74, 6) is 0.693. The Bertz CT molecular complexity index is 824. The van der Waals surface area contributed by atoms with Crippen molar-refractivity contribution in [1.29, 1.82) is 0 Å². The zero-order valence-corrected chi connectivity index (χ0v) is 16.4. The van der Waals surface area contributed by atoms with Crippen molar-refractivity contribution in [3.05, 3.63) is 36.8 Å². The van der Waals surface area contributed by atoms with Gasteiger partial charge in [0.1, 0.15) is 5.75 Å². The Kier molecular flexibility index (Phi) is 7.34. The molecule has 0 spiro atoms. The van der Waals surface area contributed by atoms with Crippen molar-refractivity contribution in [2.45, 2.75) is 38.1 Å². The van der Waals surface area contributed by atoms with Crippen LogP contribution in [-0.2, 0) is 4.79 Å². The summed E-state index contributed by atoms with van der Waals surface area (Å²) in [5.41, 5.74) is 1.07. The summed E-state index contributed by atoms with van der Waals surface area (Å²) in [5, 5.41) is 11.5. The molecule has 1 heterocycles. The fourth-order valence-corrected chi connectivity index (χ4v) is 3.25. The van der Waals surface area contributed by atoms with Gasteiger partial charge in [-0.15, -0.1) is 0 Å². The van der Waals surface area contributed by atoms with Crippen molar-refractivity contribution < 1.29 is 14.3 Å². The van der Waals surface area contributed by atoms with E-state index in [1.54, 1.807) is 18.2 Å². The van der Waals surface area contributed by atoms with E-state index in [1.165, 1.54) is 51.4 Å². The second-order valence-electron chi connectivity index (χ2n) is 6.82. The van der Waals surface area contributed by atoms with E-state index < -0.39 is 6.03 Å². The Balaban J connectivity index is 1.50. The van der Waals surface area contributed by atoms with Gasteiger partial charge in [-0.25, -0.2) is 9.78 Å². The molecular weight excluding hydrogens is 372 g/mol. The van der Waals surface area contributed by atoms with Gasteiger partial charge >= 0.3 is 6.03 Å². The first-order chi connectivity index (χ1) is 14.1. The van der Waals surface area contributed by atoms with Gasteiger partial charge in [-0.2, -0.15) is 0 Å². The molecule has 0 bridgehead atoms. The van der Waals surface area contributed by atoms with E-state index in [4.69, 9.17) is 4.74 Å². The number of nitrogens with zero attached hydrogens (tertiary/aromatic N) is 2. The third kappa shape index (κ3) is 6.42. The molecule has 9 heteroatoms. The van der Waals surface area contributed by atoms with E-state index >= 15 is 0 Å². The fourth-order valence-electron chi connectivity index (χ4n) is 3.25. The van der Waals surface area contributed by atoms with E-state index in [2.05, 4.69) is 31.2 Å². The van der Waals surface area contributed by atoms with Gasteiger partial charge in [0.2, 0.25) is 5.91 Å². The number of benzene rings is 1. The lowest BCUT2D eigenvalue weighted by Gasteiger charge is -2.14. The second kappa shape index (κ2) is 10.4. The highest BCUT2D eigenvalue weighted by molar-refractivity contribution is 6.00. The lowest BCUT2D eigenvalue weighted by atomic mass is 10.2. The molecule has 0 atom stereocenters. The van der Waals surface area contributed by atoms with E-state index in [0.717, 1.165) is 0 Å². The lowest BCUT2D eigenvalue weighted by molar-refractivity contribution is -0.116. The van der Waals surface area contributed by atoms with E-state index in [9.17, 15) is 9.59 Å². The minimum absolute atomic E-state index is 0.0707. The second-order valence-corrected chi connectivity index (χ2v) is 6.82. The summed E-state index contributed by atoms with van der Waals surface area (Å²) in [6.45, 7) is 0.663. The van der Waals surface area contributed by atoms with Crippen LogP contribution in [0.4, 0.5) is 22.0 Å². The van der Waals surface area contributed by atoms with Crippen molar-refractivity contribution in [3.8, 4) is 5.75 Å². The highest BCUT2D eigenvalue weighted by Gasteiger charge is 2.15. The fraction of sp³-hybridized carbons (Fsp3) is 0.400. The Morgan fingerprint density at radius 3 is 2.69 bits per heavy atom. The number of rotatable bonds is 8. The maximum absolute atomic E-state index is 12.2. The number of carbonyl (C=O) groups excluding carboxylic acids is 2. The van der Waals surface area contributed by atoms with Crippen LogP contribution in [0.5, 0.6) is 5.75 Å². The molecule has 1 aliphatic carbocycles. The minimum Gasteiger partial charge on any atom is -0.494 e. The zero-order valence-electron chi connectivity index (χ0n) is 16.4. The number of nitrogens with one attached hydrogen (secondary N) is 4. The summed E-state index contributed by atoms with van der Waals surface area (Å²) in [6.07, 6.45) is 9.76.